The van der Waals surface area contributed by atoms with Crippen LogP contribution in [0.15, 0.2) is 10.6 Å². The van der Waals surface area contributed by atoms with E-state index in [0.717, 1.165) is 0 Å². The highest BCUT2D eigenvalue weighted by Gasteiger charge is 2.50. The van der Waals surface area contributed by atoms with Gasteiger partial charge in [0.1, 0.15) is 23.4 Å². The molecule has 0 saturated carbocycles. The molecule has 5 unspecified atom stereocenters. The summed E-state index contributed by atoms with van der Waals surface area (Å²) in [5.41, 5.74) is -0.853. The van der Waals surface area contributed by atoms with Gasteiger partial charge in [0.25, 0.3) is 5.91 Å². The molecule has 5 atom stereocenters. The van der Waals surface area contributed by atoms with Gasteiger partial charge in [-0.05, 0) is 32.1 Å². The molecule has 11 nitrogen and oxygen atoms in total. The maximum absolute atomic E-state index is 13.3. The lowest BCUT2D eigenvalue weighted by molar-refractivity contribution is -0.134. The fraction of sp³-hybridized carbons (Fsp3) is 0.708. The molecule has 3 N–H and O–H groups in total. The number of ether oxygens (including phenoxy) is 2. The first-order chi connectivity index (χ1) is 16.4. The number of rotatable bonds is 14. The first kappa shape index (κ1) is 28.4. The van der Waals surface area contributed by atoms with Crippen LogP contribution in [-0.4, -0.2) is 72.7 Å². The van der Waals surface area contributed by atoms with E-state index in [-0.39, 0.29) is 29.9 Å². The van der Waals surface area contributed by atoms with Crippen LogP contribution < -0.4 is 16.0 Å². The van der Waals surface area contributed by atoms with E-state index in [2.05, 4.69) is 21.1 Å². The second-order valence-corrected chi connectivity index (χ2v) is 9.75. The summed E-state index contributed by atoms with van der Waals surface area (Å²) in [7, 11) is 1.40. The minimum Gasteiger partial charge on any atom is -0.382 e. The van der Waals surface area contributed by atoms with Crippen molar-refractivity contribution in [3.8, 4) is 0 Å². The topological polar surface area (TPSA) is 152 Å². The summed E-state index contributed by atoms with van der Waals surface area (Å²) in [6.45, 7) is 11.2. The molecule has 2 heterocycles. The van der Waals surface area contributed by atoms with Crippen molar-refractivity contribution in [2.45, 2.75) is 78.1 Å². The minimum absolute atomic E-state index is 0.0263. The van der Waals surface area contributed by atoms with E-state index in [9.17, 15) is 19.2 Å². The third-order valence-corrected chi connectivity index (χ3v) is 6.05. The van der Waals surface area contributed by atoms with Gasteiger partial charge in [-0.25, -0.2) is 0 Å². The molecule has 196 valence electrons. The van der Waals surface area contributed by atoms with E-state index in [1.165, 1.54) is 13.2 Å². The number of nitrogens with zero attached hydrogens (tertiary/aromatic N) is 1. The highest BCUT2D eigenvalue weighted by atomic mass is 16.6. The molecular formula is C24H38N4O7. The summed E-state index contributed by atoms with van der Waals surface area (Å²) in [6, 6.07) is -1.28. The predicted octanol–water partition coefficient (Wildman–Crippen LogP) is 1.15. The molecule has 2 rings (SSSR count). The number of Topliss-reactive ketones (excluding diaryl/α,β-unsaturated/α-hetero) is 1. The summed E-state index contributed by atoms with van der Waals surface area (Å²) in [4.78, 5) is 51.8. The largest absolute Gasteiger partial charge is 0.382 e. The Hall–Kier alpha value is -2.79. The van der Waals surface area contributed by atoms with E-state index in [4.69, 9.17) is 14.0 Å². The molecule has 3 amide bonds. The SMILES string of the molecule is CCC(C)C(NC(=O)C(COC)NC(=O)c1cc(C)on1)C(=O)NC(CC(C)C)C(=O)C1(C)CO1. The number of amides is 3. The van der Waals surface area contributed by atoms with Gasteiger partial charge in [0.15, 0.2) is 11.5 Å². The van der Waals surface area contributed by atoms with Gasteiger partial charge in [-0.2, -0.15) is 0 Å². The number of aromatic nitrogens is 1. The zero-order valence-corrected chi connectivity index (χ0v) is 21.6. The summed E-state index contributed by atoms with van der Waals surface area (Å²) in [6.07, 6.45) is 1.05. The summed E-state index contributed by atoms with van der Waals surface area (Å²) < 4.78 is 15.3. The quantitative estimate of drug-likeness (QED) is 0.326. The molecule has 1 aliphatic heterocycles. The number of carbonyl (C=O) groups is 4. The number of nitrogens with one attached hydrogen (secondary N) is 3. The van der Waals surface area contributed by atoms with Gasteiger partial charge in [-0.1, -0.05) is 39.3 Å². The number of methoxy groups -OCH3 is 1. The van der Waals surface area contributed by atoms with E-state index in [1.807, 2.05) is 27.7 Å². The molecule has 35 heavy (non-hydrogen) atoms. The van der Waals surface area contributed by atoms with Crippen LogP contribution in [-0.2, 0) is 23.9 Å². The maximum atomic E-state index is 13.3. The molecule has 1 aromatic heterocycles. The summed E-state index contributed by atoms with van der Waals surface area (Å²) in [5.74, 6) is -1.48. The lowest BCUT2D eigenvalue weighted by atomic mass is 9.92. The third kappa shape index (κ3) is 7.86. The lowest BCUT2D eigenvalue weighted by Gasteiger charge is -2.29. The highest BCUT2D eigenvalue weighted by Crippen LogP contribution is 2.29. The van der Waals surface area contributed by atoms with Crippen LogP contribution in [0.25, 0.3) is 0 Å². The molecule has 1 saturated heterocycles. The van der Waals surface area contributed by atoms with Gasteiger partial charge >= 0.3 is 0 Å². The lowest BCUT2D eigenvalue weighted by Crippen LogP contribution is -2.59. The smallest absolute Gasteiger partial charge is 0.274 e. The molecule has 1 aromatic rings. The Bertz CT molecular complexity index is 909. The Labute approximate surface area is 206 Å². The Morgan fingerprint density at radius 1 is 1.11 bits per heavy atom. The molecule has 0 spiro atoms. The number of hydrogen-bond acceptors (Lipinski definition) is 8. The van der Waals surface area contributed by atoms with Gasteiger partial charge in [-0.3, -0.25) is 19.2 Å². The Morgan fingerprint density at radius 2 is 1.77 bits per heavy atom. The molecule has 0 radical (unpaired) electrons. The third-order valence-electron chi connectivity index (χ3n) is 6.05. The molecule has 1 fully saturated rings. The standard InChI is InChI=1S/C24H38N4O7/c1-8-14(4)19(23(32)25-16(9-13(2)3)20(29)24(6)12-34-24)27-22(31)18(11-33-7)26-21(30)17-10-15(5)35-28-17/h10,13-14,16,18-19H,8-9,11-12H2,1-7H3,(H,25,32)(H,26,30)(H,27,31). The van der Waals surface area contributed by atoms with Gasteiger partial charge in [0.2, 0.25) is 11.8 Å². The fourth-order valence-corrected chi connectivity index (χ4v) is 3.59. The zero-order valence-electron chi connectivity index (χ0n) is 21.6. The molecule has 0 aromatic carbocycles. The average Bonchev–Trinajstić information content (AvgIpc) is 3.40. The molecular weight excluding hydrogens is 456 g/mol. The van der Waals surface area contributed by atoms with Crippen molar-refractivity contribution in [1.82, 2.24) is 21.1 Å². The van der Waals surface area contributed by atoms with Crippen LogP contribution in [0.2, 0.25) is 0 Å². The van der Waals surface area contributed by atoms with Crippen LogP contribution in [0.4, 0.5) is 0 Å². The van der Waals surface area contributed by atoms with Crippen LogP contribution in [0.3, 0.4) is 0 Å². The van der Waals surface area contributed by atoms with Crippen molar-refractivity contribution in [3.63, 3.8) is 0 Å². The normalized spacial score (nSPS) is 20.5. The van der Waals surface area contributed by atoms with Gasteiger partial charge < -0.3 is 29.9 Å². The molecule has 1 aliphatic rings. The maximum Gasteiger partial charge on any atom is 0.274 e. The first-order valence-corrected chi connectivity index (χ1v) is 11.9. The summed E-state index contributed by atoms with van der Waals surface area (Å²) in [5, 5.41) is 11.8. The number of epoxide rings is 1. The van der Waals surface area contributed by atoms with Crippen LogP contribution in [0, 0.1) is 18.8 Å². The van der Waals surface area contributed by atoms with Crippen molar-refractivity contribution in [1.29, 1.82) is 0 Å². The number of hydrogen-bond donors (Lipinski definition) is 3. The number of aryl methyl sites for hydroxylation is 1. The van der Waals surface area contributed by atoms with E-state index in [1.54, 1.807) is 13.8 Å². The average molecular weight is 495 g/mol. The van der Waals surface area contributed by atoms with E-state index in [0.29, 0.717) is 25.2 Å². The Morgan fingerprint density at radius 3 is 2.26 bits per heavy atom. The van der Waals surface area contributed by atoms with Crippen molar-refractivity contribution in [2.75, 3.05) is 20.3 Å². The van der Waals surface area contributed by atoms with Crippen molar-refractivity contribution in [2.24, 2.45) is 11.8 Å². The monoisotopic (exact) mass is 494 g/mol. The number of ketones is 1. The minimum atomic E-state index is -1.07. The second kappa shape index (κ2) is 12.3. The van der Waals surface area contributed by atoms with Crippen LogP contribution in [0.5, 0.6) is 0 Å². The number of carbonyl (C=O) groups excluding carboxylic acids is 4. The van der Waals surface area contributed by atoms with Crippen molar-refractivity contribution in [3.05, 3.63) is 17.5 Å². The van der Waals surface area contributed by atoms with E-state index >= 15 is 0 Å². The van der Waals surface area contributed by atoms with Crippen molar-refractivity contribution >= 4 is 23.5 Å². The molecule has 0 aliphatic carbocycles. The van der Waals surface area contributed by atoms with Crippen LogP contribution >= 0.6 is 0 Å². The zero-order chi connectivity index (χ0) is 26.3. The second-order valence-electron chi connectivity index (χ2n) is 9.75. The van der Waals surface area contributed by atoms with E-state index < -0.39 is 41.4 Å². The summed E-state index contributed by atoms with van der Waals surface area (Å²) >= 11 is 0. The molecule has 0 bridgehead atoms. The van der Waals surface area contributed by atoms with Gasteiger partial charge in [0, 0.05) is 13.2 Å². The Balaban J connectivity index is 2.14. The molecule has 11 heteroatoms. The highest BCUT2D eigenvalue weighted by molar-refractivity contribution is 5.99. The first-order valence-electron chi connectivity index (χ1n) is 11.9. The van der Waals surface area contributed by atoms with Crippen molar-refractivity contribution < 1.29 is 33.2 Å². The van der Waals surface area contributed by atoms with Gasteiger partial charge in [-0.15, -0.1) is 0 Å². The van der Waals surface area contributed by atoms with Gasteiger partial charge in [0.05, 0.1) is 19.3 Å². The predicted molar refractivity (Wildman–Crippen MR) is 127 cm³/mol. The Kier molecular flexibility index (Phi) is 9.96. The fourth-order valence-electron chi connectivity index (χ4n) is 3.59. The van der Waals surface area contributed by atoms with Crippen LogP contribution in [0.1, 0.15) is 63.7 Å².